The fourth-order valence-electron chi connectivity index (χ4n) is 3.12. The number of hydrogen-bond acceptors (Lipinski definition) is 2. The summed E-state index contributed by atoms with van der Waals surface area (Å²) in [4.78, 5) is 0. The Morgan fingerprint density at radius 1 is 0.893 bits per heavy atom. The topological polar surface area (TPSA) is 46.1 Å². The molecule has 0 aliphatic rings. The molecule has 148 valence electrons. The Morgan fingerprint density at radius 2 is 1.50 bits per heavy atom. The molecule has 4 heteroatoms. The fourth-order valence-corrected chi connectivity index (χ4v) is 3.12. The standard InChI is InChI=1S/C24H27NO2.ClH/c1-18-15-22(13-14-23(18)27-17-21-11-7-4-8-12-21)24(26)19(2)25-16-20-9-5-3-6-10-20;/h3-15,19,24-26H,16-17H2,1-2H3;1H. The van der Waals surface area contributed by atoms with Crippen molar-refractivity contribution in [2.75, 3.05) is 0 Å². The molecule has 0 spiro atoms. The Kier molecular flexibility index (Phi) is 8.52. The zero-order valence-electron chi connectivity index (χ0n) is 16.4. The first-order chi connectivity index (χ1) is 13.1. The van der Waals surface area contributed by atoms with Crippen LogP contribution in [0.5, 0.6) is 5.75 Å². The van der Waals surface area contributed by atoms with E-state index in [1.54, 1.807) is 0 Å². The smallest absolute Gasteiger partial charge is 0.130 e. The lowest BCUT2D eigenvalue weighted by Gasteiger charge is -2.19. The average Bonchev–Trinajstić information content (AvgIpc) is 2.72. The van der Waals surface area contributed by atoms with E-state index in [9.17, 15) is 5.11 Å². The molecule has 0 saturated carbocycles. The minimum Gasteiger partial charge on any atom is -1.00 e. The molecule has 2 atom stereocenters. The van der Waals surface area contributed by atoms with E-state index >= 15 is 0 Å². The van der Waals surface area contributed by atoms with Gasteiger partial charge in [0.25, 0.3) is 0 Å². The SMILES string of the molecule is Cc1cc(C(O)C(C)[NH2+]Cc2ccccc2)ccc1OCc1ccccc1.[Cl-]. The van der Waals surface area contributed by atoms with Crippen molar-refractivity contribution < 1.29 is 27.6 Å². The highest BCUT2D eigenvalue weighted by Crippen LogP contribution is 2.24. The Morgan fingerprint density at radius 3 is 2.11 bits per heavy atom. The van der Waals surface area contributed by atoms with Crippen LogP contribution in [0.15, 0.2) is 78.9 Å². The Balaban J connectivity index is 0.00000280. The molecular formula is C24H28ClNO2. The summed E-state index contributed by atoms with van der Waals surface area (Å²) in [6.07, 6.45) is -0.518. The minimum atomic E-state index is -0.518. The van der Waals surface area contributed by atoms with Crippen molar-refractivity contribution in [1.82, 2.24) is 0 Å². The van der Waals surface area contributed by atoms with Crippen LogP contribution in [0.4, 0.5) is 0 Å². The summed E-state index contributed by atoms with van der Waals surface area (Å²) in [7, 11) is 0. The third kappa shape index (κ3) is 6.10. The zero-order chi connectivity index (χ0) is 19.1. The van der Waals surface area contributed by atoms with Crippen LogP contribution in [0, 0.1) is 6.92 Å². The fraction of sp³-hybridized carbons (Fsp3) is 0.250. The van der Waals surface area contributed by atoms with E-state index in [1.165, 1.54) is 5.56 Å². The van der Waals surface area contributed by atoms with Gasteiger partial charge in [-0.2, -0.15) is 0 Å². The van der Waals surface area contributed by atoms with Crippen LogP contribution in [-0.2, 0) is 13.2 Å². The maximum atomic E-state index is 10.7. The van der Waals surface area contributed by atoms with Gasteiger partial charge in [0.15, 0.2) is 0 Å². The van der Waals surface area contributed by atoms with E-state index in [0.29, 0.717) is 6.61 Å². The molecule has 3 aromatic rings. The number of aliphatic hydroxyl groups excluding tert-OH is 1. The second-order valence-electron chi connectivity index (χ2n) is 7.03. The number of halogens is 1. The van der Waals surface area contributed by atoms with Crippen molar-refractivity contribution >= 4 is 0 Å². The number of hydrogen-bond donors (Lipinski definition) is 2. The van der Waals surface area contributed by atoms with E-state index in [1.807, 2.05) is 61.5 Å². The first-order valence-electron chi connectivity index (χ1n) is 9.46. The molecule has 0 radical (unpaired) electrons. The maximum absolute atomic E-state index is 10.7. The lowest BCUT2D eigenvalue weighted by Crippen LogP contribution is -3.00. The molecule has 28 heavy (non-hydrogen) atoms. The van der Waals surface area contributed by atoms with Crippen LogP contribution in [0.2, 0.25) is 0 Å². The molecule has 0 aromatic heterocycles. The van der Waals surface area contributed by atoms with Crippen molar-refractivity contribution in [3.05, 3.63) is 101 Å². The van der Waals surface area contributed by atoms with Gasteiger partial charge in [-0.1, -0.05) is 66.7 Å². The first kappa shape index (κ1) is 22.0. The van der Waals surface area contributed by atoms with Gasteiger partial charge in [0.05, 0.1) is 0 Å². The molecule has 0 aliphatic heterocycles. The second kappa shape index (κ2) is 10.9. The minimum absolute atomic E-state index is 0. The largest absolute Gasteiger partial charge is 1.00 e. The number of nitrogens with two attached hydrogens (primary N) is 1. The molecule has 0 heterocycles. The van der Waals surface area contributed by atoms with Gasteiger partial charge in [-0.15, -0.1) is 0 Å². The third-order valence-corrected chi connectivity index (χ3v) is 4.84. The van der Waals surface area contributed by atoms with Crippen LogP contribution in [-0.4, -0.2) is 11.1 Å². The van der Waals surface area contributed by atoms with Crippen LogP contribution in [0.3, 0.4) is 0 Å². The summed E-state index contributed by atoms with van der Waals surface area (Å²) < 4.78 is 5.93. The number of aryl methyl sites for hydroxylation is 1. The number of benzene rings is 3. The van der Waals surface area contributed by atoms with Crippen LogP contribution in [0.1, 0.15) is 35.3 Å². The van der Waals surface area contributed by atoms with Gasteiger partial charge in [0.2, 0.25) is 0 Å². The molecule has 0 bridgehead atoms. The van der Waals surface area contributed by atoms with Gasteiger partial charge in [0, 0.05) is 5.56 Å². The lowest BCUT2D eigenvalue weighted by molar-refractivity contribution is -0.709. The number of aliphatic hydroxyl groups is 1. The molecule has 0 amide bonds. The molecule has 0 fully saturated rings. The van der Waals surface area contributed by atoms with Gasteiger partial charge in [0.1, 0.15) is 31.0 Å². The average molecular weight is 398 g/mol. The number of quaternary nitrogens is 1. The first-order valence-corrected chi connectivity index (χ1v) is 9.46. The van der Waals surface area contributed by atoms with E-state index < -0.39 is 6.10 Å². The van der Waals surface area contributed by atoms with Crippen LogP contribution >= 0.6 is 0 Å². The number of ether oxygens (including phenoxy) is 1. The van der Waals surface area contributed by atoms with Crippen molar-refractivity contribution in [2.24, 2.45) is 0 Å². The van der Waals surface area contributed by atoms with E-state index in [4.69, 9.17) is 4.74 Å². The lowest BCUT2D eigenvalue weighted by atomic mass is 10.0. The highest BCUT2D eigenvalue weighted by Gasteiger charge is 2.20. The molecular weight excluding hydrogens is 370 g/mol. The Hall–Kier alpha value is -2.33. The summed E-state index contributed by atoms with van der Waals surface area (Å²) in [5, 5.41) is 12.9. The summed E-state index contributed by atoms with van der Waals surface area (Å²) in [6, 6.07) is 26.5. The summed E-state index contributed by atoms with van der Waals surface area (Å²) in [6.45, 7) is 5.48. The molecule has 0 saturated heterocycles. The van der Waals surface area contributed by atoms with Crippen molar-refractivity contribution in [2.45, 2.75) is 39.1 Å². The van der Waals surface area contributed by atoms with Gasteiger partial charge >= 0.3 is 0 Å². The van der Waals surface area contributed by atoms with Gasteiger partial charge in [-0.3, -0.25) is 0 Å². The second-order valence-corrected chi connectivity index (χ2v) is 7.03. The van der Waals surface area contributed by atoms with E-state index in [0.717, 1.165) is 29.0 Å². The Bertz CT molecular complexity index is 840. The third-order valence-electron chi connectivity index (χ3n) is 4.84. The molecule has 3 rings (SSSR count). The quantitative estimate of drug-likeness (QED) is 0.589. The molecule has 3 aromatic carbocycles. The molecule has 3 nitrogen and oxygen atoms in total. The summed E-state index contributed by atoms with van der Waals surface area (Å²) >= 11 is 0. The molecule has 3 N–H and O–H groups in total. The maximum Gasteiger partial charge on any atom is 0.130 e. The van der Waals surface area contributed by atoms with Crippen LogP contribution < -0.4 is 22.5 Å². The van der Waals surface area contributed by atoms with Crippen molar-refractivity contribution in [1.29, 1.82) is 0 Å². The highest BCUT2D eigenvalue weighted by molar-refractivity contribution is 5.37. The summed E-state index contributed by atoms with van der Waals surface area (Å²) in [5.74, 6) is 0.857. The van der Waals surface area contributed by atoms with E-state index in [2.05, 4.69) is 36.5 Å². The van der Waals surface area contributed by atoms with Gasteiger partial charge in [-0.25, -0.2) is 0 Å². The normalized spacial score (nSPS) is 12.7. The Labute approximate surface area is 173 Å². The van der Waals surface area contributed by atoms with Gasteiger partial charge < -0.3 is 27.6 Å². The monoisotopic (exact) mass is 397 g/mol. The van der Waals surface area contributed by atoms with Crippen molar-refractivity contribution in [3.8, 4) is 5.75 Å². The predicted molar refractivity (Wildman–Crippen MR) is 108 cm³/mol. The molecule has 2 unspecified atom stereocenters. The van der Waals surface area contributed by atoms with Crippen LogP contribution in [0.25, 0.3) is 0 Å². The molecule has 0 aliphatic carbocycles. The zero-order valence-corrected chi connectivity index (χ0v) is 17.1. The summed E-state index contributed by atoms with van der Waals surface area (Å²) in [5.41, 5.74) is 4.37. The predicted octanol–water partition coefficient (Wildman–Crippen LogP) is 0.764. The van der Waals surface area contributed by atoms with Gasteiger partial charge in [-0.05, 0) is 42.7 Å². The van der Waals surface area contributed by atoms with E-state index in [-0.39, 0.29) is 18.4 Å². The van der Waals surface area contributed by atoms with Crippen molar-refractivity contribution in [3.63, 3.8) is 0 Å². The highest BCUT2D eigenvalue weighted by atomic mass is 35.5. The number of rotatable bonds is 8.